The highest BCUT2D eigenvalue weighted by Gasteiger charge is 2.33. The van der Waals surface area contributed by atoms with Crippen molar-refractivity contribution >= 4 is 11.5 Å². The van der Waals surface area contributed by atoms with Crippen LogP contribution in [0, 0.1) is 6.92 Å². The molecule has 0 aliphatic rings. The highest BCUT2D eigenvalue weighted by molar-refractivity contribution is 5.45. The first kappa shape index (κ1) is 18.0. The molecule has 6 nitrogen and oxygen atoms in total. The van der Waals surface area contributed by atoms with Crippen molar-refractivity contribution in [3.8, 4) is 5.75 Å². The van der Waals surface area contributed by atoms with Gasteiger partial charge < -0.3 is 10.1 Å². The Labute approximate surface area is 148 Å². The van der Waals surface area contributed by atoms with E-state index in [1.807, 2.05) is 0 Å². The molecule has 9 heteroatoms. The molecule has 2 heterocycles. The van der Waals surface area contributed by atoms with Gasteiger partial charge in [0.25, 0.3) is 0 Å². The fraction of sp³-hybridized carbons (Fsp3) is 0.353. The molecule has 0 fully saturated rings. The smallest absolute Gasteiger partial charge is 0.416 e. The van der Waals surface area contributed by atoms with Crippen LogP contribution >= 0.6 is 0 Å². The molecule has 0 aliphatic carbocycles. The Morgan fingerprint density at radius 1 is 1.15 bits per heavy atom. The molecule has 3 rings (SSSR count). The third-order valence-corrected chi connectivity index (χ3v) is 3.64. The van der Waals surface area contributed by atoms with E-state index in [1.165, 1.54) is 16.6 Å². The van der Waals surface area contributed by atoms with Gasteiger partial charge in [-0.25, -0.2) is 0 Å². The predicted octanol–water partition coefficient (Wildman–Crippen LogP) is 3.85. The fourth-order valence-electron chi connectivity index (χ4n) is 2.50. The number of nitrogens with one attached hydrogen (secondary N) is 1. The summed E-state index contributed by atoms with van der Waals surface area (Å²) in [7, 11) is 0. The Morgan fingerprint density at radius 3 is 2.62 bits per heavy atom. The second-order valence-corrected chi connectivity index (χ2v) is 6.07. The SMILES string of the molecule is Cc1nnc2ccc(NCc3ccc(OC(C)C)cc3C(F)(F)F)nn12. The maximum atomic E-state index is 13.4. The molecule has 2 aromatic heterocycles. The van der Waals surface area contributed by atoms with Crippen molar-refractivity contribution in [3.05, 3.63) is 47.3 Å². The Kier molecular flexibility index (Phi) is 4.71. The average molecular weight is 365 g/mol. The van der Waals surface area contributed by atoms with Gasteiger partial charge in [-0.1, -0.05) is 6.07 Å². The number of ether oxygens (including phenoxy) is 1. The van der Waals surface area contributed by atoms with Gasteiger partial charge in [-0.2, -0.15) is 17.7 Å². The number of fused-ring (bicyclic) bond motifs is 1. The first-order valence-electron chi connectivity index (χ1n) is 8.04. The van der Waals surface area contributed by atoms with Crippen molar-refractivity contribution < 1.29 is 17.9 Å². The number of alkyl halides is 3. The molecule has 0 amide bonds. The van der Waals surface area contributed by atoms with Crippen LogP contribution < -0.4 is 10.1 Å². The molecule has 26 heavy (non-hydrogen) atoms. The molecule has 0 unspecified atom stereocenters. The van der Waals surface area contributed by atoms with Crippen LogP contribution in [0.4, 0.5) is 19.0 Å². The van der Waals surface area contributed by atoms with E-state index in [-0.39, 0.29) is 24.0 Å². The lowest BCUT2D eigenvalue weighted by atomic mass is 10.1. The largest absolute Gasteiger partial charge is 0.491 e. The Morgan fingerprint density at radius 2 is 1.92 bits per heavy atom. The van der Waals surface area contributed by atoms with Crippen molar-refractivity contribution in [3.63, 3.8) is 0 Å². The van der Waals surface area contributed by atoms with Gasteiger partial charge in [-0.15, -0.1) is 15.3 Å². The first-order chi connectivity index (χ1) is 12.2. The monoisotopic (exact) mass is 365 g/mol. The van der Waals surface area contributed by atoms with Gasteiger partial charge in [-0.3, -0.25) is 0 Å². The summed E-state index contributed by atoms with van der Waals surface area (Å²) in [6.45, 7) is 5.23. The summed E-state index contributed by atoms with van der Waals surface area (Å²) in [5, 5.41) is 15.0. The number of hydrogen-bond acceptors (Lipinski definition) is 5. The Hall–Kier alpha value is -2.84. The van der Waals surface area contributed by atoms with E-state index in [2.05, 4.69) is 20.6 Å². The number of halogens is 3. The minimum atomic E-state index is -4.48. The summed E-state index contributed by atoms with van der Waals surface area (Å²) in [4.78, 5) is 0. The maximum Gasteiger partial charge on any atom is 0.416 e. The van der Waals surface area contributed by atoms with Gasteiger partial charge in [0.1, 0.15) is 11.6 Å². The van der Waals surface area contributed by atoms with E-state index in [0.717, 1.165) is 6.07 Å². The van der Waals surface area contributed by atoms with Crippen LogP contribution in [0.5, 0.6) is 5.75 Å². The summed E-state index contributed by atoms with van der Waals surface area (Å²) in [6.07, 6.45) is -4.68. The molecule has 0 bridgehead atoms. The zero-order chi connectivity index (χ0) is 18.9. The van der Waals surface area contributed by atoms with Crippen LogP contribution in [0.1, 0.15) is 30.8 Å². The van der Waals surface area contributed by atoms with E-state index >= 15 is 0 Å². The molecule has 0 saturated carbocycles. The summed E-state index contributed by atoms with van der Waals surface area (Å²) >= 11 is 0. The number of nitrogens with zero attached hydrogens (tertiary/aromatic N) is 4. The van der Waals surface area contributed by atoms with Gasteiger partial charge in [0.05, 0.1) is 11.7 Å². The third-order valence-electron chi connectivity index (χ3n) is 3.64. The molecule has 1 aromatic carbocycles. The standard InChI is InChI=1S/C17H18F3N5O/c1-10(2)26-13-5-4-12(14(8-13)17(18,19)20)9-21-15-6-7-16-23-22-11(3)25(16)24-15/h4-8,10H,9H2,1-3H3,(H,21,24). The highest BCUT2D eigenvalue weighted by Crippen LogP contribution is 2.35. The van der Waals surface area contributed by atoms with E-state index in [9.17, 15) is 13.2 Å². The number of rotatable bonds is 5. The molecular formula is C17H18F3N5O. The van der Waals surface area contributed by atoms with Crippen LogP contribution in [0.3, 0.4) is 0 Å². The summed E-state index contributed by atoms with van der Waals surface area (Å²) in [5.74, 6) is 1.21. The lowest BCUT2D eigenvalue weighted by Gasteiger charge is -2.17. The number of hydrogen-bond donors (Lipinski definition) is 1. The molecule has 0 radical (unpaired) electrons. The first-order valence-corrected chi connectivity index (χ1v) is 8.04. The van der Waals surface area contributed by atoms with Crippen LogP contribution in [0.15, 0.2) is 30.3 Å². The van der Waals surface area contributed by atoms with Gasteiger partial charge in [-0.05, 0) is 50.6 Å². The normalized spacial score (nSPS) is 12.0. The van der Waals surface area contributed by atoms with Crippen LogP contribution in [-0.4, -0.2) is 25.9 Å². The summed E-state index contributed by atoms with van der Waals surface area (Å²) < 4.78 is 47.1. The second-order valence-electron chi connectivity index (χ2n) is 6.07. The molecule has 0 aliphatic heterocycles. The minimum Gasteiger partial charge on any atom is -0.491 e. The summed E-state index contributed by atoms with van der Waals surface area (Å²) in [6, 6.07) is 7.31. The van der Waals surface area contributed by atoms with E-state index < -0.39 is 11.7 Å². The Bertz CT molecular complexity index is 920. The number of aromatic nitrogens is 4. The number of aryl methyl sites for hydroxylation is 1. The molecule has 3 aromatic rings. The van der Waals surface area contributed by atoms with Crippen LogP contribution in [-0.2, 0) is 12.7 Å². The summed E-state index contributed by atoms with van der Waals surface area (Å²) in [5.41, 5.74) is -0.0556. The second kappa shape index (κ2) is 6.81. The number of anilines is 1. The van der Waals surface area contributed by atoms with Crippen molar-refractivity contribution in [2.75, 3.05) is 5.32 Å². The molecule has 1 N–H and O–H groups in total. The van der Waals surface area contributed by atoms with E-state index in [1.54, 1.807) is 32.9 Å². The molecule has 0 atom stereocenters. The lowest BCUT2D eigenvalue weighted by molar-refractivity contribution is -0.138. The topological polar surface area (TPSA) is 64.3 Å². The maximum absolute atomic E-state index is 13.4. The van der Waals surface area contributed by atoms with Crippen molar-refractivity contribution in [1.29, 1.82) is 0 Å². The molecule has 138 valence electrons. The molecule has 0 spiro atoms. The van der Waals surface area contributed by atoms with Gasteiger partial charge in [0.15, 0.2) is 11.5 Å². The van der Waals surface area contributed by atoms with Gasteiger partial charge >= 0.3 is 6.18 Å². The fourth-order valence-corrected chi connectivity index (χ4v) is 2.50. The van der Waals surface area contributed by atoms with Crippen molar-refractivity contribution in [2.24, 2.45) is 0 Å². The van der Waals surface area contributed by atoms with Crippen molar-refractivity contribution in [1.82, 2.24) is 19.8 Å². The minimum absolute atomic E-state index is 0.0313. The molecule has 0 saturated heterocycles. The Balaban J connectivity index is 1.84. The quantitative estimate of drug-likeness (QED) is 0.744. The zero-order valence-electron chi connectivity index (χ0n) is 14.5. The van der Waals surface area contributed by atoms with Gasteiger partial charge in [0.2, 0.25) is 0 Å². The predicted molar refractivity (Wildman–Crippen MR) is 90.1 cm³/mol. The van der Waals surface area contributed by atoms with Crippen LogP contribution in [0.2, 0.25) is 0 Å². The zero-order valence-corrected chi connectivity index (χ0v) is 14.5. The van der Waals surface area contributed by atoms with Crippen molar-refractivity contribution in [2.45, 2.75) is 39.6 Å². The van der Waals surface area contributed by atoms with E-state index in [0.29, 0.717) is 17.3 Å². The third kappa shape index (κ3) is 3.87. The molecular weight excluding hydrogens is 347 g/mol. The number of benzene rings is 1. The highest BCUT2D eigenvalue weighted by atomic mass is 19.4. The average Bonchev–Trinajstić information content (AvgIpc) is 2.93. The van der Waals surface area contributed by atoms with E-state index in [4.69, 9.17) is 4.74 Å². The van der Waals surface area contributed by atoms with Crippen LogP contribution in [0.25, 0.3) is 5.65 Å². The lowest BCUT2D eigenvalue weighted by Crippen LogP contribution is -2.14. The van der Waals surface area contributed by atoms with Gasteiger partial charge in [0, 0.05) is 6.54 Å².